The monoisotopic (exact) mass is 272 g/mol. The topological polar surface area (TPSA) is 37.3 Å². The average molecular weight is 272 g/mol. The summed E-state index contributed by atoms with van der Waals surface area (Å²) in [5.41, 5.74) is 3.96. The Bertz CT molecular complexity index is 605. The lowest BCUT2D eigenvalue weighted by Gasteiger charge is -2.08. The Hall–Kier alpha value is -1.74. The van der Waals surface area contributed by atoms with Gasteiger partial charge in [-0.2, -0.15) is 0 Å². The van der Waals surface area contributed by atoms with E-state index in [0.717, 1.165) is 16.2 Å². The molecule has 0 radical (unpaired) electrons. The maximum Gasteiger partial charge on any atom is 0.335 e. The molecule has 98 valence electrons. The summed E-state index contributed by atoms with van der Waals surface area (Å²) in [4.78, 5) is 12.0. The van der Waals surface area contributed by atoms with E-state index in [1.54, 1.807) is 23.9 Å². The predicted octanol–water partition coefficient (Wildman–Crippen LogP) is 4.29. The molecule has 0 saturated carbocycles. The van der Waals surface area contributed by atoms with Crippen molar-refractivity contribution in [1.82, 2.24) is 0 Å². The predicted molar refractivity (Wildman–Crippen MR) is 78.9 cm³/mol. The first-order valence-corrected chi connectivity index (χ1v) is 7.08. The van der Waals surface area contributed by atoms with Gasteiger partial charge in [0.05, 0.1) is 5.56 Å². The molecule has 19 heavy (non-hydrogen) atoms. The van der Waals surface area contributed by atoms with E-state index in [2.05, 4.69) is 19.1 Å². The summed E-state index contributed by atoms with van der Waals surface area (Å²) in [5.74, 6) is 0.0264. The van der Waals surface area contributed by atoms with Crippen LogP contribution in [0.25, 0.3) is 0 Å². The van der Waals surface area contributed by atoms with Crippen molar-refractivity contribution in [2.45, 2.75) is 24.5 Å². The molecule has 0 aromatic heterocycles. The van der Waals surface area contributed by atoms with E-state index >= 15 is 0 Å². The molecule has 0 fully saturated rings. The van der Waals surface area contributed by atoms with Gasteiger partial charge in [-0.05, 0) is 48.7 Å². The fourth-order valence-corrected chi connectivity index (χ4v) is 2.96. The largest absolute Gasteiger partial charge is 0.478 e. The quantitative estimate of drug-likeness (QED) is 0.843. The lowest BCUT2D eigenvalue weighted by Crippen LogP contribution is -1.97. The fraction of sp³-hybridized carbons (Fsp3) is 0.188. The molecule has 0 aliphatic heterocycles. The molecule has 2 aromatic rings. The summed E-state index contributed by atoms with van der Waals surface area (Å²) in [6, 6.07) is 13.6. The molecule has 2 aromatic carbocycles. The summed E-state index contributed by atoms with van der Waals surface area (Å²) in [6.45, 7) is 4.06. The molecule has 0 aliphatic rings. The lowest BCUT2D eigenvalue weighted by atomic mass is 10.1. The smallest absolute Gasteiger partial charge is 0.335 e. The van der Waals surface area contributed by atoms with Crippen LogP contribution in [-0.2, 0) is 5.75 Å². The third kappa shape index (κ3) is 3.38. The van der Waals surface area contributed by atoms with Crippen LogP contribution >= 0.6 is 11.8 Å². The van der Waals surface area contributed by atoms with E-state index in [9.17, 15) is 4.79 Å². The number of carboxylic acids is 1. The van der Waals surface area contributed by atoms with Crippen molar-refractivity contribution in [3.8, 4) is 0 Å². The SMILES string of the molecule is Cc1ccccc1CSc1ccc(C(=O)O)cc1C. The minimum Gasteiger partial charge on any atom is -0.478 e. The first-order valence-electron chi connectivity index (χ1n) is 6.09. The second-order valence-electron chi connectivity index (χ2n) is 4.50. The van der Waals surface area contributed by atoms with Gasteiger partial charge in [0.15, 0.2) is 0 Å². The van der Waals surface area contributed by atoms with E-state index in [1.807, 2.05) is 25.1 Å². The van der Waals surface area contributed by atoms with Crippen molar-refractivity contribution in [2.75, 3.05) is 0 Å². The number of carboxylic acid groups (broad SMARTS) is 1. The van der Waals surface area contributed by atoms with Gasteiger partial charge in [0, 0.05) is 10.6 Å². The van der Waals surface area contributed by atoms with Crippen molar-refractivity contribution in [2.24, 2.45) is 0 Å². The van der Waals surface area contributed by atoms with Gasteiger partial charge in [0.1, 0.15) is 0 Å². The summed E-state index contributed by atoms with van der Waals surface area (Å²) >= 11 is 1.74. The van der Waals surface area contributed by atoms with Crippen LogP contribution in [0, 0.1) is 13.8 Å². The maximum atomic E-state index is 10.9. The van der Waals surface area contributed by atoms with E-state index in [1.165, 1.54) is 11.1 Å². The third-order valence-electron chi connectivity index (χ3n) is 3.07. The molecular formula is C16H16O2S. The third-order valence-corrected chi connectivity index (χ3v) is 4.29. The summed E-state index contributed by atoms with van der Waals surface area (Å²) in [5, 5.41) is 8.94. The molecule has 0 amide bonds. The Morgan fingerprint density at radius 1 is 1.11 bits per heavy atom. The fourth-order valence-electron chi connectivity index (χ4n) is 1.87. The maximum absolute atomic E-state index is 10.9. The minimum absolute atomic E-state index is 0.345. The van der Waals surface area contributed by atoms with Crippen LogP contribution in [0.5, 0.6) is 0 Å². The molecule has 0 aliphatic carbocycles. The number of rotatable bonds is 4. The molecule has 1 N–H and O–H groups in total. The van der Waals surface area contributed by atoms with E-state index in [4.69, 9.17) is 5.11 Å². The zero-order valence-corrected chi connectivity index (χ0v) is 11.8. The molecule has 3 heteroatoms. The number of aromatic carboxylic acids is 1. The highest BCUT2D eigenvalue weighted by Gasteiger charge is 2.06. The van der Waals surface area contributed by atoms with Crippen LogP contribution in [0.2, 0.25) is 0 Å². The lowest BCUT2D eigenvalue weighted by molar-refractivity contribution is 0.0696. The van der Waals surface area contributed by atoms with Crippen LogP contribution in [0.4, 0.5) is 0 Å². The van der Waals surface area contributed by atoms with Crippen LogP contribution in [-0.4, -0.2) is 11.1 Å². The first-order chi connectivity index (χ1) is 9.08. The van der Waals surface area contributed by atoms with Gasteiger partial charge in [-0.15, -0.1) is 11.8 Å². The Morgan fingerprint density at radius 2 is 1.84 bits per heavy atom. The van der Waals surface area contributed by atoms with Gasteiger partial charge >= 0.3 is 5.97 Å². The van der Waals surface area contributed by atoms with Crippen molar-refractivity contribution >= 4 is 17.7 Å². The van der Waals surface area contributed by atoms with Crippen molar-refractivity contribution in [3.05, 3.63) is 64.7 Å². The summed E-state index contributed by atoms with van der Waals surface area (Å²) < 4.78 is 0. The Labute approximate surface area is 117 Å². The molecule has 0 spiro atoms. The summed E-state index contributed by atoms with van der Waals surface area (Å²) in [7, 11) is 0. The van der Waals surface area contributed by atoms with Crippen molar-refractivity contribution < 1.29 is 9.90 Å². The Morgan fingerprint density at radius 3 is 2.47 bits per heavy atom. The van der Waals surface area contributed by atoms with Gasteiger partial charge < -0.3 is 5.11 Å². The standard InChI is InChI=1S/C16H16O2S/c1-11-5-3-4-6-14(11)10-19-15-8-7-13(16(17)18)9-12(15)2/h3-9H,10H2,1-2H3,(H,17,18). The van der Waals surface area contributed by atoms with Gasteiger partial charge in [-0.25, -0.2) is 4.79 Å². The van der Waals surface area contributed by atoms with E-state index < -0.39 is 5.97 Å². The molecule has 0 atom stereocenters. The zero-order chi connectivity index (χ0) is 13.8. The van der Waals surface area contributed by atoms with Crippen molar-refractivity contribution in [1.29, 1.82) is 0 Å². The molecule has 0 heterocycles. The second-order valence-corrected chi connectivity index (χ2v) is 5.52. The molecular weight excluding hydrogens is 256 g/mol. The minimum atomic E-state index is -0.876. The number of aryl methyl sites for hydroxylation is 2. The average Bonchev–Trinajstić information content (AvgIpc) is 2.39. The summed E-state index contributed by atoms with van der Waals surface area (Å²) in [6.07, 6.45) is 0. The first kappa shape index (κ1) is 13.7. The van der Waals surface area contributed by atoms with Gasteiger partial charge in [-0.3, -0.25) is 0 Å². The van der Waals surface area contributed by atoms with Crippen molar-refractivity contribution in [3.63, 3.8) is 0 Å². The van der Waals surface area contributed by atoms with Crippen LogP contribution in [0.1, 0.15) is 27.0 Å². The number of benzene rings is 2. The number of hydrogen-bond acceptors (Lipinski definition) is 2. The van der Waals surface area contributed by atoms with Crippen LogP contribution in [0.3, 0.4) is 0 Å². The second kappa shape index (κ2) is 5.93. The number of thioether (sulfide) groups is 1. The van der Waals surface area contributed by atoms with Crippen LogP contribution in [0.15, 0.2) is 47.4 Å². The number of hydrogen-bond donors (Lipinski definition) is 1. The Kier molecular flexibility index (Phi) is 4.27. The molecule has 2 nitrogen and oxygen atoms in total. The van der Waals surface area contributed by atoms with Crippen LogP contribution < -0.4 is 0 Å². The van der Waals surface area contributed by atoms with E-state index in [0.29, 0.717) is 5.56 Å². The van der Waals surface area contributed by atoms with Gasteiger partial charge in [0.25, 0.3) is 0 Å². The number of carbonyl (C=O) groups is 1. The highest BCUT2D eigenvalue weighted by molar-refractivity contribution is 7.98. The van der Waals surface area contributed by atoms with Gasteiger partial charge in [-0.1, -0.05) is 24.3 Å². The Balaban J connectivity index is 2.12. The van der Waals surface area contributed by atoms with Gasteiger partial charge in [0.2, 0.25) is 0 Å². The molecule has 2 rings (SSSR count). The zero-order valence-electron chi connectivity index (χ0n) is 11.0. The molecule has 0 saturated heterocycles. The molecule has 0 unspecified atom stereocenters. The normalized spacial score (nSPS) is 10.4. The highest BCUT2D eigenvalue weighted by atomic mass is 32.2. The molecule has 0 bridgehead atoms. The van der Waals surface area contributed by atoms with E-state index in [-0.39, 0.29) is 0 Å². The highest BCUT2D eigenvalue weighted by Crippen LogP contribution is 2.27.